The van der Waals surface area contributed by atoms with Crippen molar-refractivity contribution in [2.45, 2.75) is 31.7 Å². The van der Waals surface area contributed by atoms with Crippen LogP contribution in [0.25, 0.3) is 0 Å². The average Bonchev–Trinajstić information content (AvgIpc) is 2.69. The smallest absolute Gasteiger partial charge is 0.243 e. The topological polar surface area (TPSA) is 84.9 Å². The first-order valence-corrected chi connectivity index (χ1v) is 10.8. The summed E-state index contributed by atoms with van der Waals surface area (Å²) < 4.78 is 37.7. The van der Waals surface area contributed by atoms with E-state index in [-0.39, 0.29) is 23.4 Å². The number of benzene rings is 2. The number of ether oxygens (including phenoxy) is 2. The molecule has 8 heteroatoms. The molecule has 2 aromatic carbocycles. The quantitative estimate of drug-likeness (QED) is 0.779. The van der Waals surface area contributed by atoms with Gasteiger partial charge in [-0.05, 0) is 61.7 Å². The van der Waals surface area contributed by atoms with Gasteiger partial charge in [-0.25, -0.2) is 8.42 Å². The molecule has 0 fully saturated rings. The standard InChI is InChI=1S/C21H26N2O5S/c1-14-5-7-18(11-15(14)2)29(25,26)23(4)13-21(24)22-16(3)17-6-8-19-20(12-17)28-10-9-27-19/h5-8,11-12,16H,9-10,13H2,1-4H3,(H,22,24). The molecule has 0 aromatic heterocycles. The van der Waals surface area contributed by atoms with E-state index in [4.69, 9.17) is 9.47 Å². The molecule has 0 aliphatic carbocycles. The third-order valence-corrected chi connectivity index (χ3v) is 6.80. The van der Waals surface area contributed by atoms with Gasteiger partial charge in [0, 0.05) is 7.05 Å². The number of sulfonamides is 1. The van der Waals surface area contributed by atoms with Crippen molar-refractivity contribution in [1.82, 2.24) is 9.62 Å². The van der Waals surface area contributed by atoms with Crippen LogP contribution in [-0.2, 0) is 14.8 Å². The van der Waals surface area contributed by atoms with Crippen molar-refractivity contribution in [3.05, 3.63) is 53.1 Å². The average molecular weight is 419 g/mol. The minimum Gasteiger partial charge on any atom is -0.486 e. The van der Waals surface area contributed by atoms with Crippen molar-refractivity contribution in [2.24, 2.45) is 0 Å². The number of fused-ring (bicyclic) bond motifs is 1. The molecule has 0 saturated heterocycles. The molecule has 0 saturated carbocycles. The first-order valence-electron chi connectivity index (χ1n) is 9.41. The Labute approximate surface area is 171 Å². The van der Waals surface area contributed by atoms with Crippen molar-refractivity contribution < 1.29 is 22.7 Å². The number of hydrogen-bond donors (Lipinski definition) is 1. The molecule has 7 nitrogen and oxygen atoms in total. The SMILES string of the molecule is Cc1ccc(S(=O)(=O)N(C)CC(=O)NC(C)c2ccc3c(c2)OCCO3)cc1C. The third kappa shape index (κ3) is 4.71. The first-order chi connectivity index (χ1) is 13.7. The zero-order valence-electron chi connectivity index (χ0n) is 17.1. The molecule has 1 unspecified atom stereocenters. The summed E-state index contributed by atoms with van der Waals surface area (Å²) in [6.07, 6.45) is 0. The molecule has 1 amide bonds. The second-order valence-electron chi connectivity index (χ2n) is 7.20. The maximum atomic E-state index is 12.8. The molecular formula is C21H26N2O5S. The normalized spacial score (nSPS) is 14.5. The molecule has 1 aliphatic rings. The molecular weight excluding hydrogens is 392 g/mol. The van der Waals surface area contributed by atoms with Gasteiger partial charge in [0.05, 0.1) is 17.5 Å². The minimum atomic E-state index is -3.75. The maximum absolute atomic E-state index is 12.8. The minimum absolute atomic E-state index is 0.177. The second-order valence-corrected chi connectivity index (χ2v) is 9.24. The number of rotatable bonds is 6. The summed E-state index contributed by atoms with van der Waals surface area (Å²) in [6.45, 7) is 6.34. The summed E-state index contributed by atoms with van der Waals surface area (Å²) in [5.74, 6) is 0.935. The van der Waals surface area contributed by atoms with Gasteiger partial charge in [-0.1, -0.05) is 12.1 Å². The van der Waals surface area contributed by atoms with Crippen LogP contribution in [0.1, 0.15) is 29.7 Å². The van der Waals surface area contributed by atoms with Crippen molar-refractivity contribution in [2.75, 3.05) is 26.8 Å². The van der Waals surface area contributed by atoms with Crippen molar-refractivity contribution >= 4 is 15.9 Å². The Morgan fingerprint density at radius 3 is 2.45 bits per heavy atom. The molecule has 156 valence electrons. The Morgan fingerprint density at radius 1 is 1.07 bits per heavy atom. The summed E-state index contributed by atoms with van der Waals surface area (Å²) in [5, 5.41) is 2.84. The van der Waals surface area contributed by atoms with Gasteiger partial charge in [-0.3, -0.25) is 4.79 Å². The molecule has 1 atom stereocenters. The second kappa shape index (κ2) is 8.42. The van der Waals surface area contributed by atoms with E-state index in [9.17, 15) is 13.2 Å². The number of nitrogens with zero attached hydrogens (tertiary/aromatic N) is 1. The first kappa shape index (κ1) is 21.1. The highest BCUT2D eigenvalue weighted by Gasteiger charge is 2.24. The number of amides is 1. The fourth-order valence-corrected chi connectivity index (χ4v) is 4.25. The van der Waals surface area contributed by atoms with Crippen molar-refractivity contribution in [3.8, 4) is 11.5 Å². The van der Waals surface area contributed by atoms with Gasteiger partial charge in [-0.2, -0.15) is 4.31 Å². The number of nitrogens with one attached hydrogen (secondary N) is 1. The Morgan fingerprint density at radius 2 is 1.76 bits per heavy atom. The maximum Gasteiger partial charge on any atom is 0.243 e. The summed E-state index contributed by atoms with van der Waals surface area (Å²) in [5.41, 5.74) is 2.75. The van der Waals surface area contributed by atoms with Crippen LogP contribution in [0.15, 0.2) is 41.3 Å². The predicted molar refractivity (Wildman–Crippen MR) is 110 cm³/mol. The highest BCUT2D eigenvalue weighted by atomic mass is 32.2. The van der Waals surface area contributed by atoms with E-state index in [1.807, 2.05) is 39.0 Å². The van der Waals surface area contributed by atoms with E-state index in [1.165, 1.54) is 7.05 Å². The monoisotopic (exact) mass is 418 g/mol. The molecule has 1 N–H and O–H groups in total. The van der Waals surface area contributed by atoms with Crippen LogP contribution < -0.4 is 14.8 Å². The summed E-state index contributed by atoms with van der Waals surface area (Å²) in [4.78, 5) is 12.6. The van der Waals surface area contributed by atoms with Gasteiger partial charge in [0.15, 0.2) is 11.5 Å². The number of hydrogen-bond acceptors (Lipinski definition) is 5. The number of carbonyl (C=O) groups is 1. The van der Waals surface area contributed by atoms with Crippen LogP contribution in [0.5, 0.6) is 11.5 Å². The lowest BCUT2D eigenvalue weighted by Gasteiger charge is -2.22. The van der Waals surface area contributed by atoms with Gasteiger partial charge in [0.25, 0.3) is 0 Å². The Hall–Kier alpha value is -2.58. The fourth-order valence-electron chi connectivity index (χ4n) is 3.04. The summed E-state index contributed by atoms with van der Waals surface area (Å²) in [6, 6.07) is 10.1. The predicted octanol–water partition coefficient (Wildman–Crippen LogP) is 2.57. The zero-order valence-corrected chi connectivity index (χ0v) is 17.9. The van der Waals surface area contributed by atoms with Crippen LogP contribution in [0, 0.1) is 13.8 Å². The highest BCUT2D eigenvalue weighted by Crippen LogP contribution is 2.32. The molecule has 3 rings (SSSR count). The fraction of sp³-hybridized carbons (Fsp3) is 0.381. The van der Waals surface area contributed by atoms with Crippen molar-refractivity contribution in [1.29, 1.82) is 0 Å². The van der Waals surface area contributed by atoms with Crippen LogP contribution >= 0.6 is 0 Å². The largest absolute Gasteiger partial charge is 0.486 e. The molecule has 1 aliphatic heterocycles. The van der Waals surface area contributed by atoms with E-state index in [2.05, 4.69) is 5.32 Å². The number of likely N-dealkylation sites (N-methyl/N-ethyl adjacent to an activating group) is 1. The Balaban J connectivity index is 1.65. The Kier molecular flexibility index (Phi) is 6.14. The van der Waals surface area contributed by atoms with E-state index in [0.29, 0.717) is 24.7 Å². The van der Waals surface area contributed by atoms with E-state index >= 15 is 0 Å². The zero-order chi connectivity index (χ0) is 21.2. The Bertz CT molecular complexity index is 1020. The van der Waals surface area contributed by atoms with Crippen LogP contribution in [0.2, 0.25) is 0 Å². The van der Waals surface area contributed by atoms with Crippen LogP contribution in [0.4, 0.5) is 0 Å². The summed E-state index contributed by atoms with van der Waals surface area (Å²) in [7, 11) is -2.35. The lowest BCUT2D eigenvalue weighted by Crippen LogP contribution is -2.39. The molecule has 29 heavy (non-hydrogen) atoms. The highest BCUT2D eigenvalue weighted by molar-refractivity contribution is 7.89. The molecule has 0 bridgehead atoms. The van der Waals surface area contributed by atoms with Crippen LogP contribution in [0.3, 0.4) is 0 Å². The van der Waals surface area contributed by atoms with Gasteiger partial charge in [0.2, 0.25) is 15.9 Å². The molecule has 0 spiro atoms. The van der Waals surface area contributed by atoms with Gasteiger partial charge in [0.1, 0.15) is 13.2 Å². The molecule has 1 heterocycles. The van der Waals surface area contributed by atoms with E-state index in [1.54, 1.807) is 18.2 Å². The third-order valence-electron chi connectivity index (χ3n) is 5.00. The lowest BCUT2D eigenvalue weighted by atomic mass is 10.1. The number of aryl methyl sites for hydroxylation is 2. The van der Waals surface area contributed by atoms with Gasteiger partial charge >= 0.3 is 0 Å². The van der Waals surface area contributed by atoms with Gasteiger partial charge < -0.3 is 14.8 Å². The summed E-state index contributed by atoms with van der Waals surface area (Å²) >= 11 is 0. The van der Waals surface area contributed by atoms with Gasteiger partial charge in [-0.15, -0.1) is 0 Å². The lowest BCUT2D eigenvalue weighted by molar-refractivity contribution is -0.121. The molecule has 0 radical (unpaired) electrons. The molecule has 2 aromatic rings. The van der Waals surface area contributed by atoms with E-state index in [0.717, 1.165) is 21.0 Å². The van der Waals surface area contributed by atoms with Crippen LogP contribution in [-0.4, -0.2) is 45.4 Å². The van der Waals surface area contributed by atoms with Crippen molar-refractivity contribution in [3.63, 3.8) is 0 Å². The number of carbonyl (C=O) groups excluding carboxylic acids is 1. The van der Waals surface area contributed by atoms with E-state index < -0.39 is 10.0 Å².